The molecule has 0 fully saturated rings. The van der Waals surface area contributed by atoms with Gasteiger partial charge < -0.3 is 0 Å². The van der Waals surface area contributed by atoms with Gasteiger partial charge in [0.15, 0.2) is 0 Å². The highest BCUT2D eigenvalue weighted by atomic mass is 14.2. The summed E-state index contributed by atoms with van der Waals surface area (Å²) in [5.41, 5.74) is 0.473. The number of unbranched alkanes of at least 4 members (excludes halogenated alkanes) is 1. The van der Waals surface area contributed by atoms with Gasteiger partial charge >= 0.3 is 0 Å². The van der Waals surface area contributed by atoms with Gasteiger partial charge in [0.1, 0.15) is 0 Å². The van der Waals surface area contributed by atoms with E-state index >= 15 is 0 Å². The molecule has 0 aliphatic heterocycles. The zero-order valence-corrected chi connectivity index (χ0v) is 12.5. The summed E-state index contributed by atoms with van der Waals surface area (Å²) in [6.07, 6.45) is 10.7. The van der Waals surface area contributed by atoms with E-state index in [1.165, 1.54) is 38.5 Å². The molecule has 0 nitrogen and oxygen atoms in total. The molecule has 0 rings (SSSR count). The van der Waals surface area contributed by atoms with Gasteiger partial charge in [0.25, 0.3) is 0 Å². The Morgan fingerprint density at radius 2 is 1.75 bits per heavy atom. The summed E-state index contributed by atoms with van der Waals surface area (Å²) in [7, 11) is 0. The van der Waals surface area contributed by atoms with Gasteiger partial charge in [-0.1, -0.05) is 67.2 Å². The van der Waals surface area contributed by atoms with E-state index in [1.807, 2.05) is 0 Å². The van der Waals surface area contributed by atoms with Gasteiger partial charge in [0, 0.05) is 0 Å². The first-order chi connectivity index (χ1) is 7.39. The fraction of sp³-hybridized carbons (Fsp3) is 0.938. The molecule has 0 aromatic heterocycles. The van der Waals surface area contributed by atoms with Crippen LogP contribution in [-0.2, 0) is 0 Å². The lowest BCUT2D eigenvalue weighted by atomic mass is 9.82. The van der Waals surface area contributed by atoms with Crippen molar-refractivity contribution in [3.8, 4) is 0 Å². The van der Waals surface area contributed by atoms with E-state index in [0.29, 0.717) is 5.41 Å². The minimum absolute atomic E-state index is 0.473. The molecular weight excluding hydrogens is 192 g/mol. The van der Waals surface area contributed by atoms with Crippen molar-refractivity contribution in [2.75, 3.05) is 0 Å². The third kappa shape index (κ3) is 9.24. The van der Waals surface area contributed by atoms with E-state index in [9.17, 15) is 0 Å². The maximum atomic E-state index is 2.56. The zero-order valence-electron chi connectivity index (χ0n) is 12.5. The smallest absolute Gasteiger partial charge is 0.0355 e. The summed E-state index contributed by atoms with van der Waals surface area (Å²) in [5, 5.41) is 0. The molecule has 0 aromatic carbocycles. The molecule has 0 heterocycles. The van der Waals surface area contributed by atoms with Crippen LogP contribution in [0.15, 0.2) is 0 Å². The highest BCUT2D eigenvalue weighted by Gasteiger charge is 2.16. The molecule has 2 atom stereocenters. The molecule has 0 aliphatic carbocycles. The zero-order chi connectivity index (χ0) is 12.6. The van der Waals surface area contributed by atoms with Gasteiger partial charge in [-0.15, -0.1) is 0 Å². The summed E-state index contributed by atoms with van der Waals surface area (Å²) >= 11 is 0. The summed E-state index contributed by atoms with van der Waals surface area (Å²) in [6.45, 7) is 14.0. The molecule has 0 amide bonds. The highest BCUT2D eigenvalue weighted by molar-refractivity contribution is 4.79. The predicted molar refractivity (Wildman–Crippen MR) is 75.5 cm³/mol. The van der Waals surface area contributed by atoms with Crippen LogP contribution in [0.5, 0.6) is 0 Å². The van der Waals surface area contributed by atoms with Crippen molar-refractivity contribution < 1.29 is 0 Å². The topological polar surface area (TPSA) is 0 Å². The van der Waals surface area contributed by atoms with Gasteiger partial charge in [0.2, 0.25) is 0 Å². The van der Waals surface area contributed by atoms with Crippen molar-refractivity contribution in [1.82, 2.24) is 0 Å². The standard InChI is InChI=1S/C16H33/c1-7-9-10-15(8-2)12-11-14(3)13-16(4,5)6/h11,14-15H,7-10,12-13H2,1-6H3. The Morgan fingerprint density at radius 3 is 2.19 bits per heavy atom. The molecule has 0 saturated carbocycles. The van der Waals surface area contributed by atoms with Crippen LogP contribution in [0.2, 0.25) is 0 Å². The van der Waals surface area contributed by atoms with Gasteiger partial charge in [-0.3, -0.25) is 0 Å². The van der Waals surface area contributed by atoms with Crippen LogP contribution < -0.4 is 0 Å². The Balaban J connectivity index is 3.74. The lowest BCUT2D eigenvalue weighted by molar-refractivity contribution is 0.314. The van der Waals surface area contributed by atoms with Gasteiger partial charge in [0.05, 0.1) is 0 Å². The highest BCUT2D eigenvalue weighted by Crippen LogP contribution is 2.28. The maximum Gasteiger partial charge on any atom is -0.0355 e. The van der Waals surface area contributed by atoms with Crippen molar-refractivity contribution in [2.24, 2.45) is 17.3 Å². The normalized spacial score (nSPS) is 16.1. The Kier molecular flexibility index (Phi) is 8.14. The molecule has 0 saturated heterocycles. The fourth-order valence-electron chi connectivity index (χ4n) is 2.46. The molecule has 0 heteroatoms. The lowest BCUT2D eigenvalue weighted by Crippen LogP contribution is -2.12. The van der Waals surface area contributed by atoms with E-state index in [1.54, 1.807) is 0 Å². The van der Waals surface area contributed by atoms with E-state index < -0.39 is 0 Å². The molecule has 0 bridgehead atoms. The van der Waals surface area contributed by atoms with Crippen LogP contribution in [0.1, 0.15) is 80.1 Å². The largest absolute Gasteiger partial charge is 0.0654 e. The predicted octanol–water partition coefficient (Wildman–Crippen LogP) is 5.87. The van der Waals surface area contributed by atoms with Crippen LogP contribution in [0.4, 0.5) is 0 Å². The lowest BCUT2D eigenvalue weighted by Gasteiger charge is -2.24. The molecule has 0 N–H and O–H groups in total. The molecule has 0 aromatic rings. The van der Waals surface area contributed by atoms with Crippen LogP contribution >= 0.6 is 0 Å². The summed E-state index contributed by atoms with van der Waals surface area (Å²) in [4.78, 5) is 0. The minimum Gasteiger partial charge on any atom is -0.0654 e. The van der Waals surface area contributed by atoms with Crippen molar-refractivity contribution in [3.05, 3.63) is 6.42 Å². The number of hydrogen-bond acceptors (Lipinski definition) is 0. The summed E-state index contributed by atoms with van der Waals surface area (Å²) in [6, 6.07) is 0. The van der Waals surface area contributed by atoms with E-state index in [-0.39, 0.29) is 0 Å². The van der Waals surface area contributed by atoms with Crippen LogP contribution in [-0.4, -0.2) is 0 Å². The maximum absolute atomic E-state index is 2.56. The second-order valence-electron chi connectivity index (χ2n) is 6.63. The summed E-state index contributed by atoms with van der Waals surface area (Å²) in [5.74, 6) is 1.71. The van der Waals surface area contributed by atoms with Crippen molar-refractivity contribution in [2.45, 2.75) is 80.1 Å². The van der Waals surface area contributed by atoms with Crippen molar-refractivity contribution in [3.63, 3.8) is 0 Å². The third-order valence-corrected chi connectivity index (χ3v) is 3.35. The molecule has 0 aliphatic rings. The van der Waals surface area contributed by atoms with Crippen LogP contribution in [0.25, 0.3) is 0 Å². The van der Waals surface area contributed by atoms with E-state index in [2.05, 4.69) is 48.0 Å². The van der Waals surface area contributed by atoms with Gasteiger partial charge in [-0.2, -0.15) is 0 Å². The first-order valence-corrected chi connectivity index (χ1v) is 7.22. The van der Waals surface area contributed by atoms with Gasteiger partial charge in [-0.25, -0.2) is 0 Å². The van der Waals surface area contributed by atoms with Crippen molar-refractivity contribution >= 4 is 0 Å². The fourth-order valence-corrected chi connectivity index (χ4v) is 2.46. The van der Waals surface area contributed by atoms with Gasteiger partial charge in [-0.05, 0) is 36.5 Å². The molecule has 0 spiro atoms. The molecule has 2 unspecified atom stereocenters. The Bertz CT molecular complexity index is 152. The second-order valence-corrected chi connectivity index (χ2v) is 6.63. The molecule has 97 valence electrons. The average Bonchev–Trinajstić information content (AvgIpc) is 2.15. The second kappa shape index (κ2) is 8.14. The van der Waals surface area contributed by atoms with Crippen LogP contribution in [0.3, 0.4) is 0 Å². The number of rotatable bonds is 8. The van der Waals surface area contributed by atoms with Crippen molar-refractivity contribution in [1.29, 1.82) is 0 Å². The first kappa shape index (κ1) is 16.0. The Labute approximate surface area is 104 Å². The van der Waals surface area contributed by atoms with Crippen LogP contribution in [0, 0.1) is 23.7 Å². The van der Waals surface area contributed by atoms with E-state index in [4.69, 9.17) is 0 Å². The summed E-state index contributed by atoms with van der Waals surface area (Å²) < 4.78 is 0. The first-order valence-electron chi connectivity index (χ1n) is 7.22. The number of hydrogen-bond donors (Lipinski definition) is 0. The molecule has 16 heavy (non-hydrogen) atoms. The SMILES string of the molecule is CCCCC(CC)C[CH]C(C)CC(C)(C)C. The quantitative estimate of drug-likeness (QED) is 0.484. The Hall–Kier alpha value is 0. The molecular formula is C16H33. The average molecular weight is 225 g/mol. The Morgan fingerprint density at radius 1 is 1.12 bits per heavy atom. The molecule has 1 radical (unpaired) electrons. The van der Waals surface area contributed by atoms with E-state index in [0.717, 1.165) is 11.8 Å². The minimum atomic E-state index is 0.473. The monoisotopic (exact) mass is 225 g/mol. The third-order valence-electron chi connectivity index (χ3n) is 3.35.